The van der Waals surface area contributed by atoms with Crippen molar-refractivity contribution in [1.82, 2.24) is 15.1 Å². The minimum absolute atomic E-state index is 0.0699. The summed E-state index contributed by atoms with van der Waals surface area (Å²) in [6.45, 7) is 4.61. The molecule has 142 valence electrons. The highest BCUT2D eigenvalue weighted by Gasteiger charge is 2.32. The molecule has 4 nitrogen and oxygen atoms in total. The number of amides is 2. The molecule has 1 atom stereocenters. The van der Waals surface area contributed by atoms with E-state index in [1.807, 2.05) is 35.2 Å². The van der Waals surface area contributed by atoms with Gasteiger partial charge in [-0.2, -0.15) is 0 Å². The molecule has 0 radical (unpaired) electrons. The average Bonchev–Trinajstić information content (AvgIpc) is 3.24. The highest BCUT2D eigenvalue weighted by atomic mass is 16.2. The number of urea groups is 1. The molecule has 0 bridgehead atoms. The molecule has 2 aliphatic heterocycles. The second-order valence-electron chi connectivity index (χ2n) is 7.75. The molecule has 2 aromatic carbocycles. The third kappa shape index (κ3) is 4.51. The number of nitrogens with one attached hydrogen (secondary N) is 1. The molecule has 4 heteroatoms. The molecule has 2 aliphatic rings. The molecule has 0 aliphatic carbocycles. The lowest BCUT2D eigenvalue weighted by molar-refractivity contribution is 0.151. The maximum Gasteiger partial charge on any atom is 0.317 e. The van der Waals surface area contributed by atoms with Gasteiger partial charge in [0.15, 0.2) is 0 Å². The molecule has 1 N–H and O–H groups in total. The molecule has 2 saturated heterocycles. The molecule has 2 aromatic rings. The molecule has 4 rings (SSSR count). The number of carbonyl (C=O) groups is 1. The maximum atomic E-state index is 12.5. The number of nitrogens with zero attached hydrogens (tertiary/aromatic N) is 2. The van der Waals surface area contributed by atoms with Crippen LogP contribution in [0.15, 0.2) is 60.7 Å². The van der Waals surface area contributed by atoms with Crippen molar-refractivity contribution in [3.05, 3.63) is 71.8 Å². The van der Waals surface area contributed by atoms with Crippen molar-refractivity contribution in [3.63, 3.8) is 0 Å². The van der Waals surface area contributed by atoms with E-state index >= 15 is 0 Å². The van der Waals surface area contributed by atoms with Gasteiger partial charge < -0.3 is 10.2 Å². The van der Waals surface area contributed by atoms with E-state index in [1.165, 1.54) is 18.4 Å². The van der Waals surface area contributed by atoms with Crippen LogP contribution in [0.3, 0.4) is 0 Å². The zero-order valence-corrected chi connectivity index (χ0v) is 15.9. The second-order valence-corrected chi connectivity index (χ2v) is 7.75. The first-order chi connectivity index (χ1) is 13.3. The Balaban J connectivity index is 1.23. The third-order valence-corrected chi connectivity index (χ3v) is 6.05. The van der Waals surface area contributed by atoms with Gasteiger partial charge in [-0.1, -0.05) is 60.7 Å². The maximum absolute atomic E-state index is 12.5. The van der Waals surface area contributed by atoms with E-state index in [0.717, 1.165) is 38.2 Å². The Morgan fingerprint density at radius 3 is 2.26 bits per heavy atom. The van der Waals surface area contributed by atoms with Crippen LogP contribution in [0.2, 0.25) is 0 Å². The van der Waals surface area contributed by atoms with Gasteiger partial charge in [0, 0.05) is 25.7 Å². The van der Waals surface area contributed by atoms with Crippen LogP contribution >= 0.6 is 0 Å². The molecule has 1 unspecified atom stereocenters. The van der Waals surface area contributed by atoms with E-state index in [1.54, 1.807) is 0 Å². The lowest BCUT2D eigenvalue weighted by Crippen LogP contribution is -2.44. The van der Waals surface area contributed by atoms with Crippen LogP contribution in [0.5, 0.6) is 0 Å². The first-order valence-corrected chi connectivity index (χ1v) is 10.2. The zero-order valence-electron chi connectivity index (χ0n) is 15.9. The summed E-state index contributed by atoms with van der Waals surface area (Å²) in [5.41, 5.74) is 2.62. The average molecular weight is 364 g/mol. The molecular formula is C23H29N3O. The van der Waals surface area contributed by atoms with Gasteiger partial charge in [0.2, 0.25) is 0 Å². The van der Waals surface area contributed by atoms with Crippen molar-refractivity contribution < 1.29 is 4.79 Å². The van der Waals surface area contributed by atoms with Crippen molar-refractivity contribution in [3.8, 4) is 0 Å². The molecule has 0 spiro atoms. The fraction of sp³-hybridized carbons (Fsp3) is 0.435. The van der Waals surface area contributed by atoms with Crippen LogP contribution in [0, 0.1) is 0 Å². The summed E-state index contributed by atoms with van der Waals surface area (Å²) in [5, 5.41) is 3.06. The summed E-state index contributed by atoms with van der Waals surface area (Å²) in [6, 6.07) is 21.6. The Morgan fingerprint density at radius 2 is 1.56 bits per heavy atom. The van der Waals surface area contributed by atoms with Gasteiger partial charge in [-0.3, -0.25) is 4.90 Å². The number of hydrogen-bond acceptors (Lipinski definition) is 2. The van der Waals surface area contributed by atoms with E-state index < -0.39 is 0 Å². The van der Waals surface area contributed by atoms with Crippen LogP contribution in [-0.4, -0.2) is 48.1 Å². The molecule has 27 heavy (non-hydrogen) atoms. The number of benzene rings is 2. The number of hydrogen-bond donors (Lipinski definition) is 1. The Labute approximate surface area is 162 Å². The minimum atomic E-state index is 0.0699. The second kappa shape index (κ2) is 8.57. The van der Waals surface area contributed by atoms with Gasteiger partial charge >= 0.3 is 6.03 Å². The van der Waals surface area contributed by atoms with Crippen molar-refractivity contribution in [1.29, 1.82) is 0 Å². The Bertz CT molecular complexity index is 726. The fourth-order valence-electron chi connectivity index (χ4n) is 4.43. The summed E-state index contributed by atoms with van der Waals surface area (Å²) in [5.74, 6) is 0.689. The lowest BCUT2D eigenvalue weighted by atomic mass is 9.89. The lowest BCUT2D eigenvalue weighted by Gasteiger charge is -2.36. The van der Waals surface area contributed by atoms with Gasteiger partial charge in [0.1, 0.15) is 0 Å². The van der Waals surface area contributed by atoms with E-state index in [-0.39, 0.29) is 6.03 Å². The van der Waals surface area contributed by atoms with Crippen LogP contribution in [-0.2, 0) is 6.54 Å². The largest absolute Gasteiger partial charge is 0.334 e. The van der Waals surface area contributed by atoms with Gasteiger partial charge in [-0.25, -0.2) is 4.79 Å². The predicted molar refractivity (Wildman–Crippen MR) is 109 cm³/mol. The number of likely N-dealkylation sites (tertiary alicyclic amines) is 2. The van der Waals surface area contributed by atoms with Crippen LogP contribution < -0.4 is 5.32 Å². The normalized spacial score (nSPS) is 21.3. The van der Waals surface area contributed by atoms with Gasteiger partial charge in [0.05, 0.1) is 0 Å². The highest BCUT2D eigenvalue weighted by Crippen LogP contribution is 2.30. The summed E-state index contributed by atoms with van der Waals surface area (Å²) in [6.07, 6.45) is 3.54. The Kier molecular flexibility index (Phi) is 5.73. The first-order valence-electron chi connectivity index (χ1n) is 10.2. The molecule has 0 aromatic heterocycles. The Morgan fingerprint density at radius 1 is 0.889 bits per heavy atom. The van der Waals surface area contributed by atoms with Gasteiger partial charge in [-0.05, 0) is 49.4 Å². The third-order valence-electron chi connectivity index (χ3n) is 6.05. The molecular weight excluding hydrogens is 334 g/mol. The number of piperidine rings is 1. The highest BCUT2D eigenvalue weighted by molar-refractivity contribution is 5.74. The van der Waals surface area contributed by atoms with Crippen molar-refractivity contribution in [2.45, 2.75) is 37.8 Å². The number of carbonyl (C=O) groups excluding carboxylic acids is 1. The van der Waals surface area contributed by atoms with E-state index in [2.05, 4.69) is 40.5 Å². The first kappa shape index (κ1) is 18.1. The van der Waals surface area contributed by atoms with Crippen molar-refractivity contribution in [2.24, 2.45) is 0 Å². The van der Waals surface area contributed by atoms with E-state index in [9.17, 15) is 4.79 Å². The van der Waals surface area contributed by atoms with Crippen LogP contribution in [0.25, 0.3) is 0 Å². The van der Waals surface area contributed by atoms with E-state index in [4.69, 9.17) is 0 Å². The monoisotopic (exact) mass is 363 g/mol. The molecule has 2 fully saturated rings. The summed E-state index contributed by atoms with van der Waals surface area (Å²) >= 11 is 0. The van der Waals surface area contributed by atoms with E-state index in [0.29, 0.717) is 18.5 Å². The molecule has 2 heterocycles. The van der Waals surface area contributed by atoms with Crippen molar-refractivity contribution in [2.75, 3.05) is 26.2 Å². The molecule has 0 saturated carbocycles. The summed E-state index contributed by atoms with van der Waals surface area (Å²) < 4.78 is 0. The number of rotatable bonds is 4. The minimum Gasteiger partial charge on any atom is -0.334 e. The predicted octanol–water partition coefficient (Wildman–Crippen LogP) is 3.85. The quantitative estimate of drug-likeness (QED) is 0.896. The van der Waals surface area contributed by atoms with Gasteiger partial charge in [0.25, 0.3) is 0 Å². The smallest absolute Gasteiger partial charge is 0.317 e. The fourth-order valence-corrected chi connectivity index (χ4v) is 4.43. The standard InChI is InChI=1S/C23H29N3O/c27-23(24-17-19-7-3-1-4-8-19)26-16-13-22(18-26)25-14-11-21(12-15-25)20-9-5-2-6-10-20/h1-10,21-22H,11-18H2,(H,24,27). The molecule has 2 amide bonds. The SMILES string of the molecule is O=C(NCc1ccccc1)N1CCC(N2CCC(c3ccccc3)CC2)C1. The van der Waals surface area contributed by atoms with Crippen molar-refractivity contribution >= 4 is 6.03 Å². The van der Waals surface area contributed by atoms with Crippen LogP contribution in [0.4, 0.5) is 4.79 Å². The summed E-state index contributed by atoms with van der Waals surface area (Å²) in [4.78, 5) is 17.1. The van der Waals surface area contributed by atoms with Gasteiger partial charge in [-0.15, -0.1) is 0 Å². The topological polar surface area (TPSA) is 35.6 Å². The summed E-state index contributed by atoms with van der Waals surface area (Å²) in [7, 11) is 0. The van der Waals surface area contributed by atoms with Crippen LogP contribution in [0.1, 0.15) is 36.3 Å². The Hall–Kier alpha value is -2.33. The zero-order chi connectivity index (χ0) is 18.5.